The molecule has 1 heterocycles. The first-order valence-electron chi connectivity index (χ1n) is 7.24. The van der Waals surface area contributed by atoms with Crippen molar-refractivity contribution in [3.05, 3.63) is 35.0 Å². The summed E-state index contributed by atoms with van der Waals surface area (Å²) in [5, 5.41) is 4.79. The average Bonchev–Trinajstić information content (AvgIpc) is 3.07. The molecule has 0 unspecified atom stereocenters. The van der Waals surface area contributed by atoms with Gasteiger partial charge >= 0.3 is 0 Å². The zero-order valence-corrected chi connectivity index (χ0v) is 12.2. The van der Waals surface area contributed by atoms with Crippen LogP contribution in [0.1, 0.15) is 31.2 Å². The van der Waals surface area contributed by atoms with Gasteiger partial charge in [-0.05, 0) is 42.5 Å². The third-order valence-electron chi connectivity index (χ3n) is 4.14. The van der Waals surface area contributed by atoms with Crippen LogP contribution in [0.15, 0.2) is 24.4 Å². The molecule has 1 aliphatic rings. The number of halogens is 1. The van der Waals surface area contributed by atoms with Gasteiger partial charge in [0, 0.05) is 28.7 Å². The van der Waals surface area contributed by atoms with Crippen LogP contribution in [0.2, 0.25) is 5.02 Å². The lowest BCUT2D eigenvalue weighted by Gasteiger charge is -2.10. The van der Waals surface area contributed by atoms with Gasteiger partial charge in [0.05, 0.1) is 6.42 Å². The second-order valence-electron chi connectivity index (χ2n) is 5.64. The number of aromatic amines is 1. The minimum Gasteiger partial charge on any atom is -0.361 e. The first kappa shape index (κ1) is 13.5. The number of hydrogen-bond donors (Lipinski definition) is 2. The normalized spacial score (nSPS) is 15.8. The highest BCUT2D eigenvalue weighted by Crippen LogP contribution is 2.24. The summed E-state index contributed by atoms with van der Waals surface area (Å²) in [7, 11) is 0. The van der Waals surface area contributed by atoms with Crippen molar-refractivity contribution in [3.8, 4) is 0 Å². The summed E-state index contributed by atoms with van der Waals surface area (Å²) < 4.78 is 0. The maximum atomic E-state index is 12.0. The van der Waals surface area contributed by atoms with E-state index >= 15 is 0 Å². The number of benzene rings is 1. The third kappa shape index (κ3) is 2.98. The fourth-order valence-electron chi connectivity index (χ4n) is 3.01. The predicted octanol–water partition coefficient (Wildman–Crippen LogP) is 3.67. The number of rotatable bonds is 4. The zero-order valence-electron chi connectivity index (χ0n) is 11.4. The van der Waals surface area contributed by atoms with Crippen molar-refractivity contribution in [1.29, 1.82) is 0 Å². The largest absolute Gasteiger partial charge is 0.361 e. The Bertz CT molecular complexity index is 614. The smallest absolute Gasteiger partial charge is 0.224 e. The van der Waals surface area contributed by atoms with Gasteiger partial charge < -0.3 is 10.3 Å². The first-order chi connectivity index (χ1) is 9.72. The maximum absolute atomic E-state index is 12.0. The number of aromatic nitrogens is 1. The Kier molecular flexibility index (Phi) is 3.97. The van der Waals surface area contributed by atoms with E-state index in [1.807, 2.05) is 24.4 Å². The van der Waals surface area contributed by atoms with Gasteiger partial charge in [-0.25, -0.2) is 0 Å². The van der Waals surface area contributed by atoms with E-state index < -0.39 is 0 Å². The van der Waals surface area contributed by atoms with Gasteiger partial charge in [0.15, 0.2) is 0 Å². The number of carbonyl (C=O) groups is 1. The second kappa shape index (κ2) is 5.88. The van der Waals surface area contributed by atoms with Gasteiger partial charge in [0.25, 0.3) is 0 Å². The van der Waals surface area contributed by atoms with Crippen LogP contribution in [0.4, 0.5) is 0 Å². The summed E-state index contributed by atoms with van der Waals surface area (Å²) >= 11 is 6.02. The molecular formula is C16H19ClN2O. The molecule has 1 aromatic carbocycles. The molecule has 0 atom stereocenters. The number of amides is 1. The Labute approximate surface area is 123 Å². The van der Waals surface area contributed by atoms with Gasteiger partial charge in [-0.1, -0.05) is 24.4 Å². The number of hydrogen-bond acceptors (Lipinski definition) is 1. The number of nitrogens with one attached hydrogen (secondary N) is 2. The minimum atomic E-state index is 0.0952. The molecule has 1 amide bonds. The molecule has 4 heteroatoms. The first-order valence-corrected chi connectivity index (χ1v) is 7.62. The Balaban J connectivity index is 1.63. The molecule has 20 heavy (non-hydrogen) atoms. The van der Waals surface area contributed by atoms with E-state index in [9.17, 15) is 4.79 Å². The summed E-state index contributed by atoms with van der Waals surface area (Å²) in [4.78, 5) is 15.2. The van der Waals surface area contributed by atoms with Crippen LogP contribution in [0, 0.1) is 5.92 Å². The fourth-order valence-corrected chi connectivity index (χ4v) is 3.18. The lowest BCUT2D eigenvalue weighted by atomic mass is 10.1. The monoisotopic (exact) mass is 290 g/mol. The Morgan fingerprint density at radius 3 is 2.95 bits per heavy atom. The summed E-state index contributed by atoms with van der Waals surface area (Å²) in [6, 6.07) is 5.70. The molecule has 2 aromatic rings. The summed E-state index contributed by atoms with van der Waals surface area (Å²) in [6.45, 7) is 0.821. The maximum Gasteiger partial charge on any atom is 0.224 e. The van der Waals surface area contributed by atoms with Gasteiger partial charge in [-0.2, -0.15) is 0 Å². The van der Waals surface area contributed by atoms with E-state index in [1.54, 1.807) is 0 Å². The average molecular weight is 291 g/mol. The lowest BCUT2D eigenvalue weighted by molar-refractivity contribution is -0.120. The molecule has 0 aliphatic heterocycles. The van der Waals surface area contributed by atoms with Crippen molar-refractivity contribution in [3.63, 3.8) is 0 Å². The third-order valence-corrected chi connectivity index (χ3v) is 4.38. The van der Waals surface area contributed by atoms with E-state index in [0.29, 0.717) is 17.4 Å². The van der Waals surface area contributed by atoms with Crippen molar-refractivity contribution in [2.24, 2.45) is 5.92 Å². The Hall–Kier alpha value is -1.48. The molecule has 3 rings (SSSR count). The fraction of sp³-hybridized carbons (Fsp3) is 0.438. The van der Waals surface area contributed by atoms with Crippen molar-refractivity contribution in [2.75, 3.05) is 6.54 Å². The molecule has 1 saturated carbocycles. The van der Waals surface area contributed by atoms with Crippen LogP contribution in [0.3, 0.4) is 0 Å². The molecule has 0 radical (unpaired) electrons. The van der Waals surface area contributed by atoms with Crippen molar-refractivity contribution in [2.45, 2.75) is 32.1 Å². The number of H-pyrrole nitrogens is 1. The van der Waals surface area contributed by atoms with E-state index in [2.05, 4.69) is 10.3 Å². The molecule has 0 saturated heterocycles. The van der Waals surface area contributed by atoms with E-state index in [-0.39, 0.29) is 5.91 Å². The van der Waals surface area contributed by atoms with Crippen LogP contribution in [0.5, 0.6) is 0 Å². The highest BCUT2D eigenvalue weighted by Gasteiger charge is 2.16. The van der Waals surface area contributed by atoms with Gasteiger partial charge in [-0.3, -0.25) is 4.79 Å². The molecular weight excluding hydrogens is 272 g/mol. The topological polar surface area (TPSA) is 44.9 Å². The van der Waals surface area contributed by atoms with Crippen molar-refractivity contribution < 1.29 is 4.79 Å². The van der Waals surface area contributed by atoms with Gasteiger partial charge in [-0.15, -0.1) is 0 Å². The minimum absolute atomic E-state index is 0.0952. The van der Waals surface area contributed by atoms with E-state index in [4.69, 9.17) is 11.6 Å². The molecule has 3 nitrogen and oxygen atoms in total. The SMILES string of the molecule is O=C(Cc1c[nH]c2ccc(Cl)cc12)NCC1CCCC1. The predicted molar refractivity (Wildman–Crippen MR) is 82.0 cm³/mol. The molecule has 0 spiro atoms. The molecule has 2 N–H and O–H groups in total. The van der Waals surface area contributed by atoms with Gasteiger partial charge in [0.2, 0.25) is 5.91 Å². The Morgan fingerprint density at radius 2 is 2.15 bits per heavy atom. The van der Waals surface area contributed by atoms with E-state index in [1.165, 1.54) is 25.7 Å². The van der Waals surface area contributed by atoms with Crippen LogP contribution < -0.4 is 5.32 Å². The second-order valence-corrected chi connectivity index (χ2v) is 6.07. The standard InChI is InChI=1S/C16H19ClN2O/c17-13-5-6-15-14(8-13)12(10-18-15)7-16(20)19-9-11-3-1-2-4-11/h5-6,8,10-11,18H,1-4,7,9H2,(H,19,20). The summed E-state index contributed by atoms with van der Waals surface area (Å²) in [5.41, 5.74) is 2.03. The van der Waals surface area contributed by atoms with Crippen LogP contribution in [-0.4, -0.2) is 17.4 Å². The molecule has 1 fully saturated rings. The quantitative estimate of drug-likeness (QED) is 0.886. The van der Waals surface area contributed by atoms with Crippen molar-refractivity contribution >= 4 is 28.4 Å². The van der Waals surface area contributed by atoms with E-state index in [0.717, 1.165) is 23.0 Å². The molecule has 1 aromatic heterocycles. The van der Waals surface area contributed by atoms with Gasteiger partial charge in [0.1, 0.15) is 0 Å². The van der Waals surface area contributed by atoms with Crippen LogP contribution in [0.25, 0.3) is 10.9 Å². The highest BCUT2D eigenvalue weighted by atomic mass is 35.5. The highest BCUT2D eigenvalue weighted by molar-refractivity contribution is 6.31. The van der Waals surface area contributed by atoms with Crippen LogP contribution in [-0.2, 0) is 11.2 Å². The molecule has 1 aliphatic carbocycles. The molecule has 0 bridgehead atoms. The van der Waals surface area contributed by atoms with Crippen molar-refractivity contribution in [1.82, 2.24) is 10.3 Å². The zero-order chi connectivity index (χ0) is 13.9. The number of carbonyl (C=O) groups excluding carboxylic acids is 1. The lowest BCUT2D eigenvalue weighted by Crippen LogP contribution is -2.29. The molecule has 106 valence electrons. The number of fused-ring (bicyclic) bond motifs is 1. The Morgan fingerprint density at radius 1 is 1.35 bits per heavy atom. The summed E-state index contributed by atoms with van der Waals surface area (Å²) in [6.07, 6.45) is 7.43. The van der Waals surface area contributed by atoms with Crippen LogP contribution >= 0.6 is 11.6 Å². The summed E-state index contributed by atoms with van der Waals surface area (Å²) in [5.74, 6) is 0.772.